The van der Waals surface area contributed by atoms with Crippen LogP contribution in [0.5, 0.6) is 5.75 Å². The minimum absolute atomic E-state index is 0.0119. The van der Waals surface area contributed by atoms with E-state index in [1.807, 2.05) is 0 Å². The molecule has 2 aromatic carbocycles. The lowest BCUT2D eigenvalue weighted by molar-refractivity contribution is 0.102. The highest BCUT2D eigenvalue weighted by molar-refractivity contribution is 14.1. The Labute approximate surface area is 203 Å². The molecule has 3 rings (SSSR count). The lowest BCUT2D eigenvalue weighted by atomic mass is 10.1. The number of aromatic nitrogens is 1. The molecule has 0 saturated heterocycles. The standard InChI is InChI=1S/C22H19ClIN5O3/c1-26-20(25)13-2-4-14(5-3-13)21(31)29-19-16(8-12(10-24)9-17(19)30)22(32)28-18-7-6-15(23)11-27-18/h2-9,11,30H,10H2,1H3,(H2,25,26)(H,29,31)(H,27,28,32). The van der Waals surface area contributed by atoms with Gasteiger partial charge in [0.25, 0.3) is 11.8 Å². The first-order valence-electron chi connectivity index (χ1n) is 9.35. The number of pyridine rings is 1. The SMILES string of the molecule is CNC(=N)c1ccc(C(=O)Nc2c(O)cc(CI)cc2C(=O)Nc2ccc(Cl)cn2)cc1. The molecule has 0 spiro atoms. The van der Waals surface area contributed by atoms with Gasteiger partial charge in [0, 0.05) is 28.8 Å². The second kappa shape index (κ2) is 10.4. The van der Waals surface area contributed by atoms with Gasteiger partial charge in [0.15, 0.2) is 0 Å². The molecule has 1 heterocycles. The monoisotopic (exact) mass is 563 g/mol. The van der Waals surface area contributed by atoms with Crippen molar-refractivity contribution in [3.8, 4) is 5.75 Å². The van der Waals surface area contributed by atoms with E-state index in [0.29, 0.717) is 26.1 Å². The van der Waals surface area contributed by atoms with E-state index in [4.69, 9.17) is 17.0 Å². The summed E-state index contributed by atoms with van der Waals surface area (Å²) in [5.41, 5.74) is 1.72. The van der Waals surface area contributed by atoms with E-state index >= 15 is 0 Å². The van der Waals surface area contributed by atoms with Gasteiger partial charge >= 0.3 is 0 Å². The second-order valence-electron chi connectivity index (χ2n) is 6.64. The summed E-state index contributed by atoms with van der Waals surface area (Å²) in [7, 11) is 1.64. The molecule has 32 heavy (non-hydrogen) atoms. The quantitative estimate of drug-likeness (QED) is 0.0997. The largest absolute Gasteiger partial charge is 0.506 e. The van der Waals surface area contributed by atoms with Gasteiger partial charge in [0.05, 0.1) is 16.3 Å². The van der Waals surface area contributed by atoms with Crippen LogP contribution in [0.4, 0.5) is 11.5 Å². The molecule has 5 N–H and O–H groups in total. The Hall–Kier alpha value is -3.18. The fraction of sp³-hybridized carbons (Fsp3) is 0.0909. The molecule has 1 aromatic heterocycles. The maximum Gasteiger partial charge on any atom is 0.259 e. The summed E-state index contributed by atoms with van der Waals surface area (Å²) in [6.45, 7) is 0. The first kappa shape index (κ1) is 23.5. The maximum atomic E-state index is 12.9. The number of alkyl halides is 1. The van der Waals surface area contributed by atoms with Crippen molar-refractivity contribution >= 4 is 63.3 Å². The van der Waals surface area contributed by atoms with Crippen molar-refractivity contribution in [1.82, 2.24) is 10.3 Å². The third-order valence-electron chi connectivity index (χ3n) is 4.47. The van der Waals surface area contributed by atoms with Gasteiger partial charge in [-0.1, -0.05) is 46.3 Å². The van der Waals surface area contributed by atoms with Gasteiger partial charge < -0.3 is 21.1 Å². The van der Waals surface area contributed by atoms with Crippen LogP contribution in [-0.2, 0) is 4.43 Å². The minimum atomic E-state index is -0.546. The van der Waals surface area contributed by atoms with Crippen LogP contribution in [0.15, 0.2) is 54.7 Å². The molecule has 2 amide bonds. The zero-order valence-electron chi connectivity index (χ0n) is 16.9. The summed E-state index contributed by atoms with van der Waals surface area (Å²) in [5, 5.41) is 26.7. The van der Waals surface area contributed by atoms with Crippen LogP contribution >= 0.6 is 34.2 Å². The number of hydrogen-bond acceptors (Lipinski definition) is 5. The fourth-order valence-corrected chi connectivity index (χ4v) is 3.38. The lowest BCUT2D eigenvalue weighted by Gasteiger charge is -2.15. The van der Waals surface area contributed by atoms with Gasteiger partial charge in [-0.25, -0.2) is 4.98 Å². The molecule has 0 aliphatic rings. The Morgan fingerprint density at radius 3 is 2.34 bits per heavy atom. The Balaban J connectivity index is 1.89. The number of phenols is 1. The molecular formula is C22H19ClIN5O3. The smallest absolute Gasteiger partial charge is 0.259 e. The molecule has 0 radical (unpaired) electrons. The van der Waals surface area contributed by atoms with Crippen LogP contribution in [0.1, 0.15) is 31.8 Å². The van der Waals surface area contributed by atoms with Gasteiger partial charge in [-0.3, -0.25) is 15.0 Å². The fourth-order valence-electron chi connectivity index (χ4n) is 2.82. The van der Waals surface area contributed by atoms with Gasteiger partial charge in [-0.15, -0.1) is 0 Å². The zero-order chi connectivity index (χ0) is 23.3. The van der Waals surface area contributed by atoms with E-state index in [0.717, 1.165) is 0 Å². The average molecular weight is 564 g/mol. The third-order valence-corrected chi connectivity index (χ3v) is 5.57. The first-order chi connectivity index (χ1) is 15.3. The number of rotatable bonds is 6. The molecule has 0 saturated carbocycles. The van der Waals surface area contributed by atoms with Crippen LogP contribution in [0, 0.1) is 5.41 Å². The number of nitrogens with one attached hydrogen (secondary N) is 4. The average Bonchev–Trinajstić information content (AvgIpc) is 2.81. The predicted molar refractivity (Wildman–Crippen MR) is 133 cm³/mol. The first-order valence-corrected chi connectivity index (χ1v) is 11.3. The molecule has 0 aliphatic heterocycles. The molecule has 10 heteroatoms. The molecule has 0 atom stereocenters. The minimum Gasteiger partial charge on any atom is -0.506 e. The van der Waals surface area contributed by atoms with Crippen molar-refractivity contribution in [2.24, 2.45) is 0 Å². The number of hydrogen-bond donors (Lipinski definition) is 5. The number of phenolic OH excluding ortho intramolecular Hbond substituents is 1. The molecule has 164 valence electrons. The van der Waals surface area contributed by atoms with E-state index in [1.165, 1.54) is 12.3 Å². The number of amidine groups is 1. The molecule has 0 unspecified atom stereocenters. The summed E-state index contributed by atoms with van der Waals surface area (Å²) in [6.07, 6.45) is 1.40. The van der Waals surface area contributed by atoms with Crippen molar-refractivity contribution in [3.05, 3.63) is 82.0 Å². The molecule has 3 aromatic rings. The molecule has 0 bridgehead atoms. The summed E-state index contributed by atoms with van der Waals surface area (Å²) in [6, 6.07) is 12.6. The normalized spacial score (nSPS) is 10.3. The van der Waals surface area contributed by atoms with Crippen LogP contribution in [-0.4, -0.2) is 34.8 Å². The maximum absolute atomic E-state index is 12.9. The number of aromatic hydroxyl groups is 1. The summed E-state index contributed by atoms with van der Waals surface area (Å²) >= 11 is 7.95. The van der Waals surface area contributed by atoms with Crippen molar-refractivity contribution in [2.75, 3.05) is 17.7 Å². The summed E-state index contributed by atoms with van der Waals surface area (Å²) in [4.78, 5) is 29.8. The Kier molecular flexibility index (Phi) is 7.65. The molecular weight excluding hydrogens is 545 g/mol. The predicted octanol–water partition coefficient (Wildman–Crippen LogP) is 4.42. The number of halogens is 2. The van der Waals surface area contributed by atoms with Crippen molar-refractivity contribution < 1.29 is 14.7 Å². The Morgan fingerprint density at radius 1 is 1.06 bits per heavy atom. The van der Waals surface area contributed by atoms with Gasteiger partial charge in [-0.05, 0) is 42.0 Å². The number of amides is 2. The van der Waals surface area contributed by atoms with E-state index < -0.39 is 11.8 Å². The highest BCUT2D eigenvalue weighted by atomic mass is 127. The van der Waals surface area contributed by atoms with Gasteiger partial charge in [-0.2, -0.15) is 0 Å². The second-order valence-corrected chi connectivity index (χ2v) is 7.84. The van der Waals surface area contributed by atoms with Crippen molar-refractivity contribution in [3.63, 3.8) is 0 Å². The van der Waals surface area contributed by atoms with Gasteiger partial charge in [0.1, 0.15) is 17.4 Å². The highest BCUT2D eigenvalue weighted by Gasteiger charge is 2.20. The lowest BCUT2D eigenvalue weighted by Crippen LogP contribution is -2.20. The third kappa shape index (κ3) is 5.54. The Bertz CT molecular complexity index is 1170. The number of nitrogens with zero attached hydrogens (tertiary/aromatic N) is 1. The van der Waals surface area contributed by atoms with Crippen molar-refractivity contribution in [2.45, 2.75) is 4.43 Å². The van der Waals surface area contributed by atoms with Crippen molar-refractivity contribution in [1.29, 1.82) is 5.41 Å². The van der Waals surface area contributed by atoms with E-state index in [1.54, 1.807) is 49.5 Å². The van der Waals surface area contributed by atoms with Crippen LogP contribution in [0.3, 0.4) is 0 Å². The zero-order valence-corrected chi connectivity index (χ0v) is 19.8. The summed E-state index contributed by atoms with van der Waals surface area (Å²) < 4.78 is 0.553. The number of carbonyl (C=O) groups is 2. The van der Waals surface area contributed by atoms with E-state index in [9.17, 15) is 14.7 Å². The number of benzene rings is 2. The van der Waals surface area contributed by atoms with Gasteiger partial charge in [0.2, 0.25) is 0 Å². The Morgan fingerprint density at radius 2 is 1.75 bits per heavy atom. The van der Waals surface area contributed by atoms with E-state index in [-0.39, 0.29) is 28.7 Å². The van der Waals surface area contributed by atoms with Crippen LogP contribution in [0.25, 0.3) is 0 Å². The molecule has 8 nitrogen and oxygen atoms in total. The molecule has 0 fully saturated rings. The topological polar surface area (TPSA) is 127 Å². The van der Waals surface area contributed by atoms with Crippen LogP contribution in [0.2, 0.25) is 5.02 Å². The van der Waals surface area contributed by atoms with Crippen LogP contribution < -0.4 is 16.0 Å². The number of carbonyl (C=O) groups excluding carboxylic acids is 2. The molecule has 0 aliphatic carbocycles. The number of anilines is 2. The highest BCUT2D eigenvalue weighted by Crippen LogP contribution is 2.31. The summed E-state index contributed by atoms with van der Waals surface area (Å²) in [5.74, 6) is -0.786. The van der Waals surface area contributed by atoms with E-state index in [2.05, 4.69) is 43.5 Å².